The average molecular weight is 227 g/mol. The maximum Gasteiger partial charge on any atom is 0.159 e. The highest BCUT2D eigenvalue weighted by Crippen LogP contribution is 2.22. The summed E-state index contributed by atoms with van der Waals surface area (Å²) in [6.07, 6.45) is 0.916. The highest BCUT2D eigenvalue weighted by atomic mass is 19.2. The summed E-state index contributed by atoms with van der Waals surface area (Å²) in [7, 11) is 0. The molecule has 2 atom stereocenters. The molecular formula is C13H19F2N. The lowest BCUT2D eigenvalue weighted by Gasteiger charge is -2.18. The second-order valence-corrected chi connectivity index (χ2v) is 4.27. The molecule has 0 spiro atoms. The summed E-state index contributed by atoms with van der Waals surface area (Å²) < 4.78 is 25.8. The van der Waals surface area contributed by atoms with Crippen molar-refractivity contribution in [2.45, 2.75) is 39.2 Å². The Kier molecular flexibility index (Phi) is 4.87. The Morgan fingerprint density at radius 2 is 1.88 bits per heavy atom. The predicted molar refractivity (Wildman–Crippen MR) is 62.5 cm³/mol. The van der Waals surface area contributed by atoms with Crippen LogP contribution in [0.1, 0.15) is 38.7 Å². The third kappa shape index (κ3) is 3.56. The van der Waals surface area contributed by atoms with Gasteiger partial charge in [-0.3, -0.25) is 0 Å². The van der Waals surface area contributed by atoms with Crippen molar-refractivity contribution in [3.8, 4) is 0 Å². The quantitative estimate of drug-likeness (QED) is 0.812. The molecule has 90 valence electrons. The van der Waals surface area contributed by atoms with Crippen LogP contribution in [0.4, 0.5) is 8.78 Å². The van der Waals surface area contributed by atoms with Crippen LogP contribution in [0, 0.1) is 11.6 Å². The van der Waals surface area contributed by atoms with Gasteiger partial charge >= 0.3 is 0 Å². The molecule has 0 bridgehead atoms. The third-order valence-corrected chi connectivity index (χ3v) is 2.77. The fourth-order valence-electron chi connectivity index (χ4n) is 1.92. The zero-order chi connectivity index (χ0) is 12.1. The molecule has 16 heavy (non-hydrogen) atoms. The van der Waals surface area contributed by atoms with Gasteiger partial charge < -0.3 is 5.32 Å². The van der Waals surface area contributed by atoms with Gasteiger partial charge in [0.2, 0.25) is 0 Å². The van der Waals surface area contributed by atoms with E-state index in [2.05, 4.69) is 19.2 Å². The minimum atomic E-state index is -0.782. The lowest BCUT2D eigenvalue weighted by molar-refractivity contribution is 0.482. The standard InChI is InChI=1S/C13H19F2N/c1-4-16-10(3)7-9(2)11-5-6-12(14)13(15)8-11/h5-6,8-10,16H,4,7H2,1-3H3. The van der Waals surface area contributed by atoms with Crippen LogP contribution in [0.15, 0.2) is 18.2 Å². The van der Waals surface area contributed by atoms with E-state index in [0.29, 0.717) is 6.04 Å². The van der Waals surface area contributed by atoms with Gasteiger partial charge in [-0.15, -0.1) is 0 Å². The summed E-state index contributed by atoms with van der Waals surface area (Å²) in [4.78, 5) is 0. The Labute approximate surface area is 95.9 Å². The first-order chi connectivity index (χ1) is 7.54. The Morgan fingerprint density at radius 3 is 2.44 bits per heavy atom. The fourth-order valence-corrected chi connectivity index (χ4v) is 1.92. The van der Waals surface area contributed by atoms with E-state index in [1.165, 1.54) is 12.1 Å². The smallest absolute Gasteiger partial charge is 0.159 e. The Balaban J connectivity index is 2.65. The van der Waals surface area contributed by atoms with Crippen LogP contribution in [-0.4, -0.2) is 12.6 Å². The second kappa shape index (κ2) is 5.94. The van der Waals surface area contributed by atoms with Gasteiger partial charge in [-0.2, -0.15) is 0 Å². The maximum absolute atomic E-state index is 13.0. The number of rotatable bonds is 5. The molecule has 0 heterocycles. The van der Waals surface area contributed by atoms with Crippen molar-refractivity contribution >= 4 is 0 Å². The summed E-state index contributed by atoms with van der Waals surface area (Å²) in [5.74, 6) is -1.32. The highest BCUT2D eigenvalue weighted by Gasteiger charge is 2.12. The molecule has 0 amide bonds. The normalized spacial score (nSPS) is 14.8. The van der Waals surface area contributed by atoms with Gasteiger partial charge in [-0.1, -0.05) is 19.9 Å². The molecule has 0 aromatic heterocycles. The molecule has 0 fully saturated rings. The van der Waals surface area contributed by atoms with E-state index in [1.807, 2.05) is 6.92 Å². The van der Waals surface area contributed by atoms with Gasteiger partial charge in [0.15, 0.2) is 11.6 Å². The zero-order valence-electron chi connectivity index (χ0n) is 10.1. The van der Waals surface area contributed by atoms with Crippen LogP contribution in [0.3, 0.4) is 0 Å². The molecule has 0 aliphatic heterocycles. The van der Waals surface area contributed by atoms with Crippen LogP contribution in [0.2, 0.25) is 0 Å². The SMILES string of the molecule is CCNC(C)CC(C)c1ccc(F)c(F)c1. The van der Waals surface area contributed by atoms with E-state index in [1.54, 1.807) is 6.07 Å². The largest absolute Gasteiger partial charge is 0.315 e. The van der Waals surface area contributed by atoms with Crippen molar-refractivity contribution in [1.29, 1.82) is 0 Å². The van der Waals surface area contributed by atoms with Crippen molar-refractivity contribution in [2.24, 2.45) is 0 Å². The number of nitrogens with one attached hydrogen (secondary N) is 1. The van der Waals surface area contributed by atoms with E-state index in [4.69, 9.17) is 0 Å². The second-order valence-electron chi connectivity index (χ2n) is 4.27. The van der Waals surface area contributed by atoms with Crippen LogP contribution in [0.5, 0.6) is 0 Å². The number of hydrogen-bond donors (Lipinski definition) is 1. The molecule has 3 heteroatoms. The van der Waals surface area contributed by atoms with E-state index in [-0.39, 0.29) is 5.92 Å². The summed E-state index contributed by atoms with van der Waals surface area (Å²) in [6.45, 7) is 7.10. The van der Waals surface area contributed by atoms with Crippen molar-refractivity contribution in [1.82, 2.24) is 5.32 Å². The molecular weight excluding hydrogens is 208 g/mol. The van der Waals surface area contributed by atoms with Crippen molar-refractivity contribution < 1.29 is 8.78 Å². The molecule has 1 rings (SSSR count). The van der Waals surface area contributed by atoms with Crippen molar-refractivity contribution in [2.75, 3.05) is 6.54 Å². The summed E-state index contributed by atoms with van der Waals surface area (Å²) in [5.41, 5.74) is 0.851. The van der Waals surface area contributed by atoms with Gasteiger partial charge in [-0.25, -0.2) is 8.78 Å². The molecule has 0 saturated heterocycles. The zero-order valence-corrected chi connectivity index (χ0v) is 10.1. The molecule has 0 aliphatic rings. The minimum Gasteiger partial charge on any atom is -0.315 e. The van der Waals surface area contributed by atoms with E-state index < -0.39 is 11.6 Å². The van der Waals surface area contributed by atoms with Crippen LogP contribution < -0.4 is 5.32 Å². The number of halogens is 2. The first-order valence-electron chi connectivity index (χ1n) is 5.73. The highest BCUT2D eigenvalue weighted by molar-refractivity contribution is 5.21. The monoisotopic (exact) mass is 227 g/mol. The molecule has 1 nitrogen and oxygen atoms in total. The lowest BCUT2D eigenvalue weighted by Crippen LogP contribution is -2.26. The minimum absolute atomic E-state index is 0.226. The van der Waals surface area contributed by atoms with E-state index in [9.17, 15) is 8.78 Å². The fraction of sp³-hybridized carbons (Fsp3) is 0.538. The Hall–Kier alpha value is -0.960. The van der Waals surface area contributed by atoms with E-state index >= 15 is 0 Å². The Morgan fingerprint density at radius 1 is 1.19 bits per heavy atom. The average Bonchev–Trinajstić information content (AvgIpc) is 2.22. The maximum atomic E-state index is 13.0. The number of benzene rings is 1. The van der Waals surface area contributed by atoms with Gasteiger partial charge in [0.05, 0.1) is 0 Å². The van der Waals surface area contributed by atoms with Crippen LogP contribution >= 0.6 is 0 Å². The number of hydrogen-bond acceptors (Lipinski definition) is 1. The third-order valence-electron chi connectivity index (χ3n) is 2.77. The van der Waals surface area contributed by atoms with Gasteiger partial charge in [-0.05, 0) is 43.5 Å². The molecule has 1 N–H and O–H groups in total. The first kappa shape index (κ1) is 13.1. The summed E-state index contributed by atoms with van der Waals surface area (Å²) in [5, 5.41) is 3.30. The van der Waals surface area contributed by atoms with Crippen LogP contribution in [0.25, 0.3) is 0 Å². The summed E-state index contributed by atoms with van der Waals surface area (Å²) in [6, 6.07) is 4.52. The molecule has 1 aromatic rings. The molecule has 0 radical (unpaired) electrons. The van der Waals surface area contributed by atoms with Gasteiger partial charge in [0, 0.05) is 6.04 Å². The summed E-state index contributed by atoms with van der Waals surface area (Å²) >= 11 is 0. The predicted octanol–water partition coefficient (Wildman–Crippen LogP) is 3.46. The topological polar surface area (TPSA) is 12.0 Å². The molecule has 0 aliphatic carbocycles. The first-order valence-corrected chi connectivity index (χ1v) is 5.73. The van der Waals surface area contributed by atoms with Crippen LogP contribution in [-0.2, 0) is 0 Å². The molecule has 0 saturated carbocycles. The lowest BCUT2D eigenvalue weighted by atomic mass is 9.94. The van der Waals surface area contributed by atoms with Gasteiger partial charge in [0.25, 0.3) is 0 Å². The van der Waals surface area contributed by atoms with E-state index in [0.717, 1.165) is 18.5 Å². The molecule has 1 aromatic carbocycles. The van der Waals surface area contributed by atoms with Gasteiger partial charge in [0.1, 0.15) is 0 Å². The van der Waals surface area contributed by atoms with Crippen molar-refractivity contribution in [3.05, 3.63) is 35.4 Å². The Bertz CT molecular complexity index is 339. The van der Waals surface area contributed by atoms with Crippen molar-refractivity contribution in [3.63, 3.8) is 0 Å². The molecule has 2 unspecified atom stereocenters.